The van der Waals surface area contributed by atoms with Crippen LogP contribution in [0.25, 0.3) is 0 Å². The van der Waals surface area contributed by atoms with Crippen LogP contribution in [-0.4, -0.2) is 15.6 Å². The molecule has 1 heterocycles. The highest BCUT2D eigenvalue weighted by Crippen LogP contribution is 2.12. The highest BCUT2D eigenvalue weighted by Gasteiger charge is 2.21. The van der Waals surface area contributed by atoms with Gasteiger partial charge in [-0.1, -0.05) is 37.6 Å². The van der Waals surface area contributed by atoms with Crippen molar-refractivity contribution in [2.24, 2.45) is 0 Å². The molecule has 1 nitrogen and oxygen atoms in total. The van der Waals surface area contributed by atoms with Gasteiger partial charge in [-0.25, -0.2) is 0 Å². The minimum absolute atomic E-state index is 0.667. The summed E-state index contributed by atoms with van der Waals surface area (Å²) in [7, 11) is -0.667. The molecule has 75 valence electrons. The van der Waals surface area contributed by atoms with Gasteiger partial charge < -0.3 is 4.43 Å². The van der Waals surface area contributed by atoms with Crippen LogP contribution >= 0.6 is 0 Å². The number of aryl methyl sites for hydroxylation is 1. The van der Waals surface area contributed by atoms with E-state index in [1.165, 1.54) is 29.6 Å². The fraction of sp³-hybridized carbons (Fsp3) is 0.500. The Morgan fingerprint density at radius 1 is 1.29 bits per heavy atom. The molecule has 1 aliphatic heterocycles. The number of hydrogen-bond donors (Lipinski definition) is 0. The van der Waals surface area contributed by atoms with Gasteiger partial charge in [-0.15, -0.1) is 0 Å². The lowest BCUT2D eigenvalue weighted by atomic mass is 10.2. The van der Waals surface area contributed by atoms with Gasteiger partial charge in [0.2, 0.25) is 9.04 Å². The van der Waals surface area contributed by atoms with Crippen molar-refractivity contribution < 1.29 is 4.43 Å². The van der Waals surface area contributed by atoms with E-state index < -0.39 is 9.04 Å². The molecule has 2 rings (SSSR count). The van der Waals surface area contributed by atoms with Gasteiger partial charge in [0.15, 0.2) is 0 Å². The Kier molecular flexibility index (Phi) is 3.38. The third kappa shape index (κ3) is 2.07. The van der Waals surface area contributed by atoms with E-state index in [4.69, 9.17) is 4.43 Å². The molecular formula is C12H17OSi. The second-order valence-corrected chi connectivity index (χ2v) is 5.91. The Hall–Kier alpha value is -0.603. The molecule has 0 aromatic heterocycles. The lowest BCUT2D eigenvalue weighted by Crippen LogP contribution is -2.38. The SMILES string of the molecule is CCc1ccccc1[Si]1CCCCO1. The van der Waals surface area contributed by atoms with Crippen LogP contribution in [0.3, 0.4) is 0 Å². The van der Waals surface area contributed by atoms with E-state index in [2.05, 4.69) is 31.2 Å². The van der Waals surface area contributed by atoms with Crippen molar-refractivity contribution in [2.45, 2.75) is 32.2 Å². The molecule has 2 heteroatoms. The van der Waals surface area contributed by atoms with Crippen LogP contribution in [0.5, 0.6) is 0 Å². The Morgan fingerprint density at radius 2 is 2.14 bits per heavy atom. The van der Waals surface area contributed by atoms with Gasteiger partial charge in [0, 0.05) is 6.61 Å². The van der Waals surface area contributed by atoms with Gasteiger partial charge >= 0.3 is 0 Å². The maximum atomic E-state index is 5.91. The van der Waals surface area contributed by atoms with Crippen LogP contribution in [0.2, 0.25) is 6.04 Å². The van der Waals surface area contributed by atoms with Crippen molar-refractivity contribution in [3.8, 4) is 0 Å². The average Bonchev–Trinajstić information content (AvgIpc) is 2.30. The zero-order valence-corrected chi connectivity index (χ0v) is 9.75. The van der Waals surface area contributed by atoms with Crippen molar-refractivity contribution in [1.82, 2.24) is 0 Å². The van der Waals surface area contributed by atoms with E-state index in [0.29, 0.717) is 0 Å². The van der Waals surface area contributed by atoms with Gasteiger partial charge in [-0.05, 0) is 29.6 Å². The van der Waals surface area contributed by atoms with Crippen molar-refractivity contribution >= 4 is 14.2 Å². The van der Waals surface area contributed by atoms with Crippen LogP contribution in [0.4, 0.5) is 0 Å². The maximum absolute atomic E-state index is 5.91. The summed E-state index contributed by atoms with van der Waals surface area (Å²) in [6, 6.07) is 10.1. The number of rotatable bonds is 2. The molecule has 14 heavy (non-hydrogen) atoms. The van der Waals surface area contributed by atoms with Gasteiger partial charge in [-0.2, -0.15) is 0 Å². The molecule has 0 N–H and O–H groups in total. The smallest absolute Gasteiger partial charge is 0.246 e. The first-order chi connectivity index (χ1) is 6.92. The molecule has 1 aromatic carbocycles. The zero-order chi connectivity index (χ0) is 9.80. The van der Waals surface area contributed by atoms with Crippen LogP contribution in [-0.2, 0) is 10.8 Å². The summed E-state index contributed by atoms with van der Waals surface area (Å²) in [4.78, 5) is 0. The second kappa shape index (κ2) is 4.76. The molecule has 0 aliphatic carbocycles. The van der Waals surface area contributed by atoms with Gasteiger partial charge in [0.25, 0.3) is 0 Å². The minimum atomic E-state index is -0.667. The minimum Gasteiger partial charge on any atom is -0.412 e. The molecule has 0 saturated carbocycles. The largest absolute Gasteiger partial charge is 0.412 e. The molecule has 0 amide bonds. The fourth-order valence-electron chi connectivity index (χ4n) is 1.97. The van der Waals surface area contributed by atoms with Crippen LogP contribution in [0.15, 0.2) is 24.3 Å². The third-order valence-electron chi connectivity index (χ3n) is 2.77. The number of hydrogen-bond acceptors (Lipinski definition) is 1. The normalized spacial score (nSPS) is 18.4. The van der Waals surface area contributed by atoms with Crippen molar-refractivity contribution in [1.29, 1.82) is 0 Å². The fourth-order valence-corrected chi connectivity index (χ4v) is 4.40. The monoisotopic (exact) mass is 205 g/mol. The molecule has 0 spiro atoms. The van der Waals surface area contributed by atoms with E-state index in [1.54, 1.807) is 0 Å². The first-order valence-corrected chi connectivity index (χ1v) is 7.10. The van der Waals surface area contributed by atoms with Crippen molar-refractivity contribution in [2.75, 3.05) is 6.61 Å². The number of benzene rings is 1. The standard InChI is InChI=1S/C12H17OSi/c1-2-11-7-3-4-8-12(11)14-10-6-5-9-13-14/h3-4,7-8H,2,5-6,9-10H2,1H3. The second-order valence-electron chi connectivity index (χ2n) is 3.74. The molecule has 0 atom stereocenters. The third-order valence-corrected chi connectivity index (χ3v) is 5.22. The summed E-state index contributed by atoms with van der Waals surface area (Å²) in [5.74, 6) is 0. The first-order valence-electron chi connectivity index (χ1n) is 5.48. The van der Waals surface area contributed by atoms with Gasteiger partial charge in [0.05, 0.1) is 0 Å². The zero-order valence-electron chi connectivity index (χ0n) is 8.75. The lowest BCUT2D eigenvalue weighted by Gasteiger charge is -2.22. The topological polar surface area (TPSA) is 9.23 Å². The maximum Gasteiger partial charge on any atom is 0.246 e. The summed E-state index contributed by atoms with van der Waals surface area (Å²) < 4.78 is 5.91. The molecule has 1 aromatic rings. The first kappa shape index (κ1) is 9.93. The Morgan fingerprint density at radius 3 is 2.86 bits per heavy atom. The van der Waals surface area contributed by atoms with E-state index in [-0.39, 0.29) is 0 Å². The average molecular weight is 205 g/mol. The predicted octanol–water partition coefficient (Wildman–Crippen LogP) is 2.26. The highest BCUT2D eigenvalue weighted by atomic mass is 28.3. The Balaban J connectivity index is 2.20. The summed E-state index contributed by atoms with van der Waals surface area (Å²) in [5, 5.41) is 1.51. The van der Waals surface area contributed by atoms with E-state index in [9.17, 15) is 0 Å². The van der Waals surface area contributed by atoms with Crippen molar-refractivity contribution in [3.05, 3.63) is 29.8 Å². The quantitative estimate of drug-likeness (QED) is 0.673. The molecule has 1 fully saturated rings. The molecule has 0 unspecified atom stereocenters. The summed E-state index contributed by atoms with van der Waals surface area (Å²) in [6.07, 6.45) is 3.74. The predicted molar refractivity (Wildman–Crippen MR) is 61.2 cm³/mol. The summed E-state index contributed by atoms with van der Waals surface area (Å²) in [6.45, 7) is 3.20. The van der Waals surface area contributed by atoms with E-state index in [0.717, 1.165) is 13.0 Å². The van der Waals surface area contributed by atoms with Crippen LogP contribution in [0.1, 0.15) is 25.3 Å². The van der Waals surface area contributed by atoms with Crippen LogP contribution < -0.4 is 5.19 Å². The lowest BCUT2D eigenvalue weighted by molar-refractivity contribution is 0.294. The van der Waals surface area contributed by atoms with E-state index >= 15 is 0 Å². The Labute approximate surface area is 87.8 Å². The summed E-state index contributed by atoms with van der Waals surface area (Å²) >= 11 is 0. The van der Waals surface area contributed by atoms with Crippen LogP contribution in [0, 0.1) is 0 Å². The molecule has 0 bridgehead atoms. The summed E-state index contributed by atoms with van der Waals surface area (Å²) in [5.41, 5.74) is 1.49. The van der Waals surface area contributed by atoms with E-state index in [1.807, 2.05) is 0 Å². The molecule has 1 saturated heterocycles. The van der Waals surface area contributed by atoms with Gasteiger partial charge in [-0.3, -0.25) is 0 Å². The molecule has 1 aliphatic rings. The highest BCUT2D eigenvalue weighted by molar-refractivity contribution is 6.68. The van der Waals surface area contributed by atoms with Crippen molar-refractivity contribution in [3.63, 3.8) is 0 Å². The Bertz CT molecular complexity index is 292. The molecule has 1 radical (unpaired) electrons. The molecular weight excluding hydrogens is 188 g/mol. The van der Waals surface area contributed by atoms with Gasteiger partial charge in [0.1, 0.15) is 0 Å².